The quantitative estimate of drug-likeness (QED) is 0.444. The number of hydrogen-bond donors (Lipinski definition) is 0. The number of allylic oxidation sites excluding steroid dienone is 4. The normalized spacial score (nSPS) is 28.9. The van der Waals surface area contributed by atoms with Gasteiger partial charge in [0.15, 0.2) is 0 Å². The molecule has 0 heteroatoms. The second kappa shape index (κ2) is 1.07. The highest BCUT2D eigenvalue weighted by atomic mass is 14.5. The van der Waals surface area contributed by atoms with Crippen molar-refractivity contribution >= 4 is 0 Å². The summed E-state index contributed by atoms with van der Waals surface area (Å²) in [5, 5.41) is 0. The van der Waals surface area contributed by atoms with Crippen molar-refractivity contribution in [2.75, 3.05) is 0 Å². The molecule has 0 atom stereocenters. The first-order valence-corrected chi connectivity index (χ1v) is 3.20. The van der Waals surface area contributed by atoms with E-state index in [1.54, 1.807) is 5.57 Å². The molecule has 0 aromatic carbocycles. The molecule has 0 nitrogen and oxygen atoms in total. The van der Waals surface area contributed by atoms with Gasteiger partial charge >= 0.3 is 0 Å². The maximum absolute atomic E-state index is 2.34. The minimum Gasteiger partial charge on any atom is -0.0743 e. The Labute approximate surface area is 49.9 Å². The molecular weight excluding hydrogens is 96.1 g/mol. The van der Waals surface area contributed by atoms with Gasteiger partial charge in [-0.15, -0.1) is 0 Å². The summed E-state index contributed by atoms with van der Waals surface area (Å²) in [6.45, 7) is 2.23. The largest absolute Gasteiger partial charge is 0.0743 e. The lowest BCUT2D eigenvalue weighted by atomic mass is 10.0. The maximum Gasteiger partial charge on any atom is 0.00950 e. The molecule has 8 heavy (non-hydrogen) atoms. The topological polar surface area (TPSA) is 0 Å². The third-order valence-corrected chi connectivity index (χ3v) is 2.34. The molecule has 0 amide bonds. The summed E-state index contributed by atoms with van der Waals surface area (Å²) < 4.78 is 0. The van der Waals surface area contributed by atoms with E-state index in [0.717, 1.165) is 0 Å². The second-order valence-electron chi connectivity index (χ2n) is 2.86. The highest BCUT2D eigenvalue weighted by Gasteiger charge is 2.42. The Bertz CT molecular complexity index is 168. The molecule has 0 aromatic rings. The third-order valence-electron chi connectivity index (χ3n) is 2.34. The van der Waals surface area contributed by atoms with Crippen LogP contribution in [0.3, 0.4) is 0 Å². The van der Waals surface area contributed by atoms with Gasteiger partial charge in [0, 0.05) is 5.41 Å². The van der Waals surface area contributed by atoms with Gasteiger partial charge in [-0.25, -0.2) is 0 Å². The van der Waals surface area contributed by atoms with Crippen LogP contribution in [0.15, 0.2) is 23.8 Å². The van der Waals surface area contributed by atoms with E-state index >= 15 is 0 Å². The average Bonchev–Trinajstić information content (AvgIpc) is 2.39. The van der Waals surface area contributed by atoms with Crippen molar-refractivity contribution in [1.82, 2.24) is 0 Å². The van der Waals surface area contributed by atoms with E-state index in [2.05, 4.69) is 25.2 Å². The van der Waals surface area contributed by atoms with E-state index in [-0.39, 0.29) is 0 Å². The fraction of sp³-hybridized carbons (Fsp3) is 0.500. The van der Waals surface area contributed by atoms with Crippen LogP contribution in [-0.2, 0) is 0 Å². The van der Waals surface area contributed by atoms with Crippen LogP contribution in [0.4, 0.5) is 0 Å². The average molecular weight is 106 g/mol. The van der Waals surface area contributed by atoms with Crippen molar-refractivity contribution in [2.45, 2.75) is 19.8 Å². The molecule has 0 heterocycles. The smallest absolute Gasteiger partial charge is 0.00950 e. The van der Waals surface area contributed by atoms with E-state index in [9.17, 15) is 0 Å². The Morgan fingerprint density at radius 3 is 2.50 bits per heavy atom. The SMILES string of the molecule is CC1=CC=CC12CC2. The van der Waals surface area contributed by atoms with Crippen molar-refractivity contribution in [3.8, 4) is 0 Å². The zero-order chi connectivity index (χ0) is 5.61. The van der Waals surface area contributed by atoms with Gasteiger partial charge in [-0.1, -0.05) is 23.8 Å². The summed E-state index contributed by atoms with van der Waals surface area (Å²) in [7, 11) is 0. The molecule has 0 aliphatic heterocycles. The Hall–Kier alpha value is -0.520. The van der Waals surface area contributed by atoms with Crippen LogP contribution in [0.5, 0.6) is 0 Å². The zero-order valence-electron chi connectivity index (χ0n) is 5.15. The van der Waals surface area contributed by atoms with Gasteiger partial charge < -0.3 is 0 Å². The lowest BCUT2D eigenvalue weighted by molar-refractivity contribution is 0.802. The number of rotatable bonds is 0. The van der Waals surface area contributed by atoms with Gasteiger partial charge in [0.2, 0.25) is 0 Å². The fourth-order valence-corrected chi connectivity index (χ4v) is 1.37. The summed E-state index contributed by atoms with van der Waals surface area (Å²) in [5.41, 5.74) is 2.15. The number of hydrogen-bond acceptors (Lipinski definition) is 0. The van der Waals surface area contributed by atoms with Gasteiger partial charge in [0.1, 0.15) is 0 Å². The summed E-state index contributed by atoms with van der Waals surface area (Å²) in [4.78, 5) is 0. The molecule has 0 N–H and O–H groups in total. The summed E-state index contributed by atoms with van der Waals surface area (Å²) in [6.07, 6.45) is 9.54. The molecule has 2 aliphatic rings. The Balaban J connectivity index is 2.39. The van der Waals surface area contributed by atoms with Crippen LogP contribution in [0.1, 0.15) is 19.8 Å². The summed E-state index contributed by atoms with van der Waals surface area (Å²) in [6, 6.07) is 0. The monoisotopic (exact) mass is 106 g/mol. The predicted octanol–water partition coefficient (Wildman–Crippen LogP) is 2.28. The van der Waals surface area contributed by atoms with Gasteiger partial charge in [0.25, 0.3) is 0 Å². The van der Waals surface area contributed by atoms with E-state index in [0.29, 0.717) is 5.41 Å². The van der Waals surface area contributed by atoms with Gasteiger partial charge in [-0.2, -0.15) is 0 Å². The van der Waals surface area contributed by atoms with E-state index in [1.807, 2.05) is 0 Å². The fourth-order valence-electron chi connectivity index (χ4n) is 1.37. The van der Waals surface area contributed by atoms with Crippen molar-refractivity contribution in [2.24, 2.45) is 5.41 Å². The molecule has 0 bridgehead atoms. The zero-order valence-corrected chi connectivity index (χ0v) is 5.15. The van der Waals surface area contributed by atoms with Crippen LogP contribution in [0.2, 0.25) is 0 Å². The molecule has 0 unspecified atom stereocenters. The Morgan fingerprint density at radius 1 is 1.50 bits per heavy atom. The van der Waals surface area contributed by atoms with E-state index < -0.39 is 0 Å². The van der Waals surface area contributed by atoms with E-state index in [4.69, 9.17) is 0 Å². The molecular formula is C8H10. The van der Waals surface area contributed by atoms with Gasteiger partial charge in [0.05, 0.1) is 0 Å². The molecule has 1 spiro atoms. The predicted molar refractivity (Wildman–Crippen MR) is 34.6 cm³/mol. The molecule has 0 saturated heterocycles. The van der Waals surface area contributed by atoms with Crippen LogP contribution >= 0.6 is 0 Å². The molecule has 2 rings (SSSR count). The second-order valence-corrected chi connectivity index (χ2v) is 2.86. The third kappa shape index (κ3) is 0.360. The highest BCUT2D eigenvalue weighted by Crippen LogP contribution is 2.55. The summed E-state index contributed by atoms with van der Waals surface area (Å²) >= 11 is 0. The molecule has 42 valence electrons. The van der Waals surface area contributed by atoms with Crippen molar-refractivity contribution in [3.05, 3.63) is 23.8 Å². The minimum absolute atomic E-state index is 0.583. The lowest BCUT2D eigenvalue weighted by Gasteiger charge is -2.02. The first-order chi connectivity index (χ1) is 3.83. The van der Waals surface area contributed by atoms with Gasteiger partial charge in [-0.05, 0) is 19.8 Å². The maximum atomic E-state index is 2.34. The lowest BCUT2D eigenvalue weighted by Crippen LogP contribution is -1.90. The van der Waals surface area contributed by atoms with Gasteiger partial charge in [-0.3, -0.25) is 0 Å². The molecule has 1 fully saturated rings. The molecule has 2 aliphatic carbocycles. The van der Waals surface area contributed by atoms with Crippen molar-refractivity contribution < 1.29 is 0 Å². The standard InChI is InChI=1S/C8H10/c1-7-3-2-4-8(7)5-6-8/h2-4H,5-6H2,1H3. The van der Waals surface area contributed by atoms with Crippen LogP contribution < -0.4 is 0 Å². The highest BCUT2D eigenvalue weighted by molar-refractivity contribution is 5.37. The summed E-state index contributed by atoms with van der Waals surface area (Å²) in [5.74, 6) is 0. The Morgan fingerprint density at radius 2 is 2.25 bits per heavy atom. The van der Waals surface area contributed by atoms with Crippen molar-refractivity contribution in [1.29, 1.82) is 0 Å². The van der Waals surface area contributed by atoms with Crippen molar-refractivity contribution in [3.63, 3.8) is 0 Å². The molecule has 1 saturated carbocycles. The molecule has 0 radical (unpaired) electrons. The first-order valence-electron chi connectivity index (χ1n) is 3.20. The first kappa shape index (κ1) is 4.37. The van der Waals surface area contributed by atoms with E-state index in [1.165, 1.54) is 12.8 Å². The Kier molecular flexibility index (Phi) is 0.585. The van der Waals surface area contributed by atoms with Crippen LogP contribution in [0.25, 0.3) is 0 Å². The van der Waals surface area contributed by atoms with Crippen LogP contribution in [0, 0.1) is 5.41 Å². The molecule has 0 aromatic heterocycles. The minimum atomic E-state index is 0.583. The van der Waals surface area contributed by atoms with Crippen LogP contribution in [-0.4, -0.2) is 0 Å².